The molecule has 96 valence electrons. The maximum absolute atomic E-state index is 13.0. The summed E-state index contributed by atoms with van der Waals surface area (Å²) in [4.78, 5) is 1.10. The van der Waals surface area contributed by atoms with Crippen molar-refractivity contribution in [3.8, 4) is 0 Å². The Morgan fingerprint density at radius 1 is 1.39 bits per heavy atom. The van der Waals surface area contributed by atoms with Gasteiger partial charge in [-0.3, -0.25) is 11.3 Å². The van der Waals surface area contributed by atoms with Crippen LogP contribution < -0.4 is 11.3 Å². The Kier molecular flexibility index (Phi) is 4.75. The van der Waals surface area contributed by atoms with Gasteiger partial charge in [-0.2, -0.15) is 0 Å². The maximum Gasteiger partial charge on any atom is 0.124 e. The van der Waals surface area contributed by atoms with Crippen molar-refractivity contribution in [1.82, 2.24) is 5.43 Å². The molecular formula is C12H11BrClFN2S. The second kappa shape index (κ2) is 6.12. The molecule has 0 bridgehead atoms. The number of hydrogen-bond acceptors (Lipinski definition) is 3. The zero-order valence-electron chi connectivity index (χ0n) is 9.29. The Labute approximate surface area is 122 Å². The normalized spacial score (nSPS) is 12.7. The number of rotatable bonds is 4. The number of hydrogen-bond donors (Lipinski definition) is 2. The lowest BCUT2D eigenvalue weighted by Gasteiger charge is -2.15. The van der Waals surface area contributed by atoms with Gasteiger partial charge < -0.3 is 0 Å². The van der Waals surface area contributed by atoms with Gasteiger partial charge >= 0.3 is 0 Å². The molecule has 0 amide bonds. The fourth-order valence-corrected chi connectivity index (χ4v) is 3.39. The molecule has 0 fully saturated rings. The molecule has 2 rings (SSSR count). The zero-order valence-corrected chi connectivity index (χ0v) is 12.4. The summed E-state index contributed by atoms with van der Waals surface area (Å²) in [5, 5.41) is 0.422. The molecular weight excluding hydrogens is 339 g/mol. The minimum absolute atomic E-state index is 0.0377. The summed E-state index contributed by atoms with van der Waals surface area (Å²) in [6, 6.07) is 8.33. The Morgan fingerprint density at radius 2 is 2.17 bits per heavy atom. The molecule has 2 nitrogen and oxygen atoms in total. The summed E-state index contributed by atoms with van der Waals surface area (Å²) < 4.78 is 14.0. The van der Waals surface area contributed by atoms with E-state index in [2.05, 4.69) is 21.4 Å². The number of halogens is 3. The van der Waals surface area contributed by atoms with Crippen LogP contribution in [0.15, 0.2) is 34.1 Å². The van der Waals surface area contributed by atoms with E-state index in [1.165, 1.54) is 12.1 Å². The fraction of sp³-hybridized carbons (Fsp3) is 0.167. The minimum atomic E-state index is -0.333. The summed E-state index contributed by atoms with van der Waals surface area (Å²) in [6.07, 6.45) is 0.614. The largest absolute Gasteiger partial charge is 0.271 e. The summed E-state index contributed by atoms with van der Waals surface area (Å²) in [6.45, 7) is 0. The molecule has 1 atom stereocenters. The number of benzene rings is 1. The SMILES string of the molecule is NNC(Cc1ccc(F)cc1Cl)c1ccc(Br)s1. The van der Waals surface area contributed by atoms with E-state index in [0.717, 1.165) is 14.2 Å². The number of thiophene rings is 1. The van der Waals surface area contributed by atoms with Gasteiger partial charge in [-0.05, 0) is 52.2 Å². The first kappa shape index (κ1) is 14.0. The average molecular weight is 350 g/mol. The standard InChI is InChI=1S/C12H11BrClFN2S/c13-12-4-3-11(18-12)10(17-16)5-7-1-2-8(15)6-9(7)14/h1-4,6,10,17H,5,16H2. The molecule has 1 unspecified atom stereocenters. The van der Waals surface area contributed by atoms with Crippen molar-refractivity contribution in [2.24, 2.45) is 5.84 Å². The van der Waals surface area contributed by atoms with Crippen LogP contribution in [0, 0.1) is 5.82 Å². The van der Waals surface area contributed by atoms with Crippen LogP contribution in [0.1, 0.15) is 16.5 Å². The Morgan fingerprint density at radius 3 is 2.72 bits per heavy atom. The molecule has 18 heavy (non-hydrogen) atoms. The summed E-state index contributed by atoms with van der Waals surface area (Å²) in [7, 11) is 0. The lowest BCUT2D eigenvalue weighted by molar-refractivity contribution is 0.559. The highest BCUT2D eigenvalue weighted by Crippen LogP contribution is 2.30. The second-order valence-corrected chi connectivity index (χ2v) is 6.70. The van der Waals surface area contributed by atoms with Crippen molar-refractivity contribution in [2.75, 3.05) is 0 Å². The molecule has 1 heterocycles. The summed E-state index contributed by atoms with van der Waals surface area (Å²) in [5.74, 6) is 5.23. The van der Waals surface area contributed by atoms with E-state index in [4.69, 9.17) is 17.4 Å². The van der Waals surface area contributed by atoms with E-state index in [9.17, 15) is 4.39 Å². The predicted molar refractivity (Wildman–Crippen MR) is 77.2 cm³/mol. The van der Waals surface area contributed by atoms with Gasteiger partial charge in [-0.1, -0.05) is 17.7 Å². The van der Waals surface area contributed by atoms with Gasteiger partial charge in [0.15, 0.2) is 0 Å². The van der Waals surface area contributed by atoms with Crippen LogP contribution in [-0.4, -0.2) is 0 Å². The van der Waals surface area contributed by atoms with Crippen molar-refractivity contribution in [3.05, 3.63) is 55.4 Å². The van der Waals surface area contributed by atoms with Crippen LogP contribution in [0.5, 0.6) is 0 Å². The highest BCUT2D eigenvalue weighted by atomic mass is 79.9. The number of nitrogens with two attached hydrogens (primary N) is 1. The fourth-order valence-electron chi connectivity index (χ4n) is 1.66. The first-order valence-electron chi connectivity index (χ1n) is 5.25. The Balaban J connectivity index is 2.20. The van der Waals surface area contributed by atoms with Crippen LogP contribution in [0.2, 0.25) is 5.02 Å². The first-order chi connectivity index (χ1) is 8.60. The average Bonchev–Trinajstić information content (AvgIpc) is 2.75. The zero-order chi connectivity index (χ0) is 13.1. The quantitative estimate of drug-likeness (QED) is 0.645. The Hall–Kier alpha value is -0.460. The molecule has 0 spiro atoms. The van der Waals surface area contributed by atoms with Crippen LogP contribution >= 0.6 is 38.9 Å². The van der Waals surface area contributed by atoms with Crippen molar-refractivity contribution < 1.29 is 4.39 Å². The van der Waals surface area contributed by atoms with Crippen LogP contribution in [0.25, 0.3) is 0 Å². The smallest absolute Gasteiger partial charge is 0.124 e. The molecule has 1 aromatic heterocycles. The van der Waals surface area contributed by atoms with Crippen molar-refractivity contribution in [3.63, 3.8) is 0 Å². The number of hydrazine groups is 1. The third kappa shape index (κ3) is 3.30. The molecule has 0 radical (unpaired) electrons. The highest BCUT2D eigenvalue weighted by Gasteiger charge is 2.14. The van der Waals surface area contributed by atoms with Gasteiger partial charge in [0.2, 0.25) is 0 Å². The first-order valence-corrected chi connectivity index (χ1v) is 7.24. The maximum atomic E-state index is 13.0. The lowest BCUT2D eigenvalue weighted by Crippen LogP contribution is -2.29. The van der Waals surface area contributed by atoms with Crippen LogP contribution in [-0.2, 0) is 6.42 Å². The molecule has 1 aromatic carbocycles. The van der Waals surface area contributed by atoms with Gasteiger partial charge in [0.1, 0.15) is 5.82 Å². The van der Waals surface area contributed by atoms with Gasteiger partial charge in [0.05, 0.1) is 9.83 Å². The van der Waals surface area contributed by atoms with E-state index in [1.54, 1.807) is 17.4 Å². The van der Waals surface area contributed by atoms with E-state index in [0.29, 0.717) is 11.4 Å². The van der Waals surface area contributed by atoms with Gasteiger partial charge in [-0.15, -0.1) is 11.3 Å². The molecule has 0 saturated heterocycles. The molecule has 6 heteroatoms. The second-order valence-electron chi connectivity index (χ2n) is 3.80. The third-order valence-corrected chi connectivity index (χ3v) is 4.67. The molecule has 0 aliphatic rings. The summed E-state index contributed by atoms with van der Waals surface area (Å²) in [5.41, 5.74) is 3.63. The molecule has 0 aliphatic carbocycles. The van der Waals surface area contributed by atoms with Crippen molar-refractivity contribution in [2.45, 2.75) is 12.5 Å². The Bertz CT molecular complexity index is 547. The van der Waals surface area contributed by atoms with E-state index in [-0.39, 0.29) is 11.9 Å². The lowest BCUT2D eigenvalue weighted by atomic mass is 10.1. The molecule has 2 aromatic rings. The van der Waals surface area contributed by atoms with Crippen molar-refractivity contribution >= 4 is 38.9 Å². The molecule has 3 N–H and O–H groups in total. The molecule has 0 saturated carbocycles. The van der Waals surface area contributed by atoms with Gasteiger partial charge in [0.25, 0.3) is 0 Å². The van der Waals surface area contributed by atoms with E-state index < -0.39 is 0 Å². The van der Waals surface area contributed by atoms with E-state index >= 15 is 0 Å². The monoisotopic (exact) mass is 348 g/mol. The third-order valence-electron chi connectivity index (χ3n) is 2.58. The topological polar surface area (TPSA) is 38.0 Å². The van der Waals surface area contributed by atoms with Crippen LogP contribution in [0.4, 0.5) is 4.39 Å². The van der Waals surface area contributed by atoms with E-state index in [1.807, 2.05) is 12.1 Å². The predicted octanol–water partition coefficient (Wildman–Crippen LogP) is 4.05. The van der Waals surface area contributed by atoms with Gasteiger partial charge in [-0.25, -0.2) is 4.39 Å². The minimum Gasteiger partial charge on any atom is -0.271 e. The van der Waals surface area contributed by atoms with Gasteiger partial charge in [0, 0.05) is 9.90 Å². The highest BCUT2D eigenvalue weighted by molar-refractivity contribution is 9.11. The van der Waals surface area contributed by atoms with Crippen LogP contribution in [0.3, 0.4) is 0 Å². The number of nitrogens with one attached hydrogen (secondary N) is 1. The van der Waals surface area contributed by atoms with Crippen molar-refractivity contribution in [1.29, 1.82) is 0 Å². The molecule has 0 aliphatic heterocycles. The summed E-state index contributed by atoms with van der Waals surface area (Å²) >= 11 is 11.0.